The molecule has 8 heteroatoms. The van der Waals surface area contributed by atoms with Crippen molar-refractivity contribution in [1.29, 1.82) is 0 Å². The summed E-state index contributed by atoms with van der Waals surface area (Å²) in [6.45, 7) is -0.250. The van der Waals surface area contributed by atoms with Crippen LogP contribution >= 0.6 is 0 Å². The highest BCUT2D eigenvalue weighted by Gasteiger charge is 2.35. The Morgan fingerprint density at radius 1 is 1.27 bits per heavy atom. The molecule has 1 aliphatic heterocycles. The lowest BCUT2D eigenvalue weighted by Crippen LogP contribution is -2.24. The van der Waals surface area contributed by atoms with Crippen molar-refractivity contribution in [2.75, 3.05) is 12.3 Å². The average Bonchev–Trinajstić information content (AvgIpc) is 3.22. The van der Waals surface area contributed by atoms with Crippen molar-refractivity contribution in [3.63, 3.8) is 0 Å². The Morgan fingerprint density at radius 3 is 2.88 bits per heavy atom. The molecule has 4 rings (SSSR count). The summed E-state index contributed by atoms with van der Waals surface area (Å²) in [5.41, 5.74) is 7.89. The molecule has 0 aromatic carbocycles. The molecule has 0 unspecified atom stereocenters. The molecule has 26 heavy (non-hydrogen) atoms. The van der Waals surface area contributed by atoms with Gasteiger partial charge in [0.05, 0.1) is 23.7 Å². The number of aromatic nitrogens is 4. The molecule has 0 radical (unpaired) electrons. The first-order valence-electron chi connectivity index (χ1n) is 8.16. The molecule has 8 nitrogen and oxygen atoms in total. The number of pyridine rings is 1. The van der Waals surface area contributed by atoms with E-state index in [1.54, 1.807) is 17.0 Å². The molecule has 4 heterocycles. The van der Waals surface area contributed by atoms with Gasteiger partial charge in [0.15, 0.2) is 0 Å². The molecule has 132 valence electrons. The summed E-state index contributed by atoms with van der Waals surface area (Å²) in [5.74, 6) is 6.38. The van der Waals surface area contributed by atoms with Crippen LogP contribution in [-0.2, 0) is 4.74 Å². The Morgan fingerprint density at radius 2 is 2.15 bits per heavy atom. The first kappa shape index (κ1) is 16.5. The third kappa shape index (κ3) is 2.88. The second kappa shape index (κ2) is 6.72. The van der Waals surface area contributed by atoms with E-state index in [0.717, 1.165) is 0 Å². The van der Waals surface area contributed by atoms with Gasteiger partial charge < -0.3 is 25.3 Å². The Bertz CT molecular complexity index is 992. The van der Waals surface area contributed by atoms with Crippen LogP contribution in [0.4, 0.5) is 5.82 Å². The van der Waals surface area contributed by atoms with Gasteiger partial charge in [-0.15, -0.1) is 0 Å². The summed E-state index contributed by atoms with van der Waals surface area (Å²) in [6, 6.07) is 5.50. The Hall–Kier alpha value is -2.99. The van der Waals surface area contributed by atoms with Crippen molar-refractivity contribution in [2.45, 2.75) is 24.9 Å². The summed E-state index contributed by atoms with van der Waals surface area (Å²) >= 11 is 0. The fourth-order valence-corrected chi connectivity index (χ4v) is 3.04. The quantitative estimate of drug-likeness (QED) is 0.573. The normalized spacial score (nSPS) is 22.3. The summed E-state index contributed by atoms with van der Waals surface area (Å²) in [5, 5.41) is 19.9. The average molecular weight is 351 g/mol. The second-order valence-corrected chi connectivity index (χ2v) is 5.99. The number of ether oxygens (including phenoxy) is 1. The van der Waals surface area contributed by atoms with Gasteiger partial charge in [0.25, 0.3) is 0 Å². The van der Waals surface area contributed by atoms with Crippen LogP contribution in [0, 0.1) is 11.8 Å². The number of hydrogen-bond donors (Lipinski definition) is 3. The van der Waals surface area contributed by atoms with E-state index in [-0.39, 0.29) is 6.61 Å². The highest BCUT2D eigenvalue weighted by Crippen LogP contribution is 2.33. The maximum atomic E-state index is 10.0. The lowest BCUT2D eigenvalue weighted by Gasteiger charge is -2.14. The summed E-state index contributed by atoms with van der Waals surface area (Å²) < 4.78 is 7.51. The monoisotopic (exact) mass is 351 g/mol. The number of anilines is 1. The van der Waals surface area contributed by atoms with Gasteiger partial charge in [-0.25, -0.2) is 15.0 Å². The number of aliphatic hydroxyl groups excluding tert-OH is 2. The zero-order chi connectivity index (χ0) is 18.1. The van der Waals surface area contributed by atoms with Crippen molar-refractivity contribution < 1.29 is 14.9 Å². The first-order chi connectivity index (χ1) is 12.7. The second-order valence-electron chi connectivity index (χ2n) is 5.99. The van der Waals surface area contributed by atoms with E-state index in [2.05, 4.69) is 26.8 Å². The molecular weight excluding hydrogens is 334 g/mol. The number of nitrogens with two attached hydrogens (primary N) is 1. The smallest absolute Gasteiger partial charge is 0.148 e. The highest BCUT2D eigenvalue weighted by atomic mass is 16.5. The van der Waals surface area contributed by atoms with Crippen LogP contribution in [-0.4, -0.2) is 48.5 Å². The van der Waals surface area contributed by atoms with Crippen LogP contribution in [0.5, 0.6) is 0 Å². The van der Waals surface area contributed by atoms with Gasteiger partial charge in [-0.05, 0) is 18.1 Å². The predicted octanol–water partition coefficient (Wildman–Crippen LogP) is 0.449. The maximum Gasteiger partial charge on any atom is 0.148 e. The van der Waals surface area contributed by atoms with Crippen LogP contribution in [0.3, 0.4) is 0 Å². The minimum atomic E-state index is -0.746. The van der Waals surface area contributed by atoms with Crippen molar-refractivity contribution >= 4 is 16.9 Å². The van der Waals surface area contributed by atoms with E-state index < -0.39 is 18.4 Å². The fourth-order valence-electron chi connectivity index (χ4n) is 3.04. The number of nitrogen functional groups attached to an aromatic ring is 1. The van der Waals surface area contributed by atoms with Crippen LogP contribution in [0.15, 0.2) is 36.9 Å². The van der Waals surface area contributed by atoms with E-state index in [1.807, 2.05) is 18.2 Å². The van der Waals surface area contributed by atoms with Gasteiger partial charge in [0.2, 0.25) is 0 Å². The molecule has 1 aliphatic rings. The third-order valence-electron chi connectivity index (χ3n) is 4.32. The standard InChI is InChI=1S/C18H17N5O3/c19-17-16-11(4-5-12-3-1-2-6-20-12)8-23(18(16)22-10-21-17)15-7-13(25)14(9-24)26-15/h1-3,6,8,10,13-15,24-25H,7,9H2,(H2,19,21,22)/t13-,14+,15+/m0/s1. The Balaban J connectivity index is 1.79. The molecule has 0 aliphatic carbocycles. The minimum absolute atomic E-state index is 0.250. The van der Waals surface area contributed by atoms with Gasteiger partial charge >= 0.3 is 0 Å². The highest BCUT2D eigenvalue weighted by molar-refractivity contribution is 5.92. The topological polar surface area (TPSA) is 119 Å². The summed E-state index contributed by atoms with van der Waals surface area (Å²) in [4.78, 5) is 12.5. The number of hydrogen-bond acceptors (Lipinski definition) is 7. The van der Waals surface area contributed by atoms with Crippen molar-refractivity contribution in [3.05, 3.63) is 48.2 Å². The molecule has 1 fully saturated rings. The molecule has 0 bridgehead atoms. The number of fused-ring (bicyclic) bond motifs is 1. The number of aliphatic hydroxyl groups is 2. The molecule has 3 atom stereocenters. The van der Waals surface area contributed by atoms with Crippen molar-refractivity contribution in [1.82, 2.24) is 19.5 Å². The molecule has 1 saturated heterocycles. The minimum Gasteiger partial charge on any atom is -0.394 e. The first-order valence-corrected chi connectivity index (χ1v) is 8.16. The Labute approximate surface area is 149 Å². The summed E-state index contributed by atoms with van der Waals surface area (Å²) in [6.07, 6.45) is 3.33. The van der Waals surface area contributed by atoms with Crippen molar-refractivity contribution in [3.8, 4) is 11.8 Å². The van der Waals surface area contributed by atoms with Gasteiger partial charge in [0.1, 0.15) is 35.8 Å². The van der Waals surface area contributed by atoms with E-state index in [0.29, 0.717) is 34.5 Å². The molecule has 0 amide bonds. The van der Waals surface area contributed by atoms with Crippen LogP contribution < -0.4 is 5.73 Å². The lowest BCUT2D eigenvalue weighted by atomic mass is 10.2. The third-order valence-corrected chi connectivity index (χ3v) is 4.32. The van der Waals surface area contributed by atoms with Gasteiger partial charge in [0, 0.05) is 18.8 Å². The van der Waals surface area contributed by atoms with Crippen LogP contribution in [0.25, 0.3) is 11.0 Å². The zero-order valence-electron chi connectivity index (χ0n) is 13.8. The molecule has 3 aromatic rings. The predicted molar refractivity (Wildman–Crippen MR) is 93.8 cm³/mol. The largest absolute Gasteiger partial charge is 0.394 e. The summed E-state index contributed by atoms with van der Waals surface area (Å²) in [7, 11) is 0. The molecule has 0 spiro atoms. The Kier molecular flexibility index (Phi) is 4.26. The van der Waals surface area contributed by atoms with Crippen molar-refractivity contribution in [2.24, 2.45) is 0 Å². The van der Waals surface area contributed by atoms with Gasteiger partial charge in [-0.3, -0.25) is 0 Å². The molecule has 3 aromatic heterocycles. The van der Waals surface area contributed by atoms with Crippen LogP contribution in [0.2, 0.25) is 0 Å². The van der Waals surface area contributed by atoms with E-state index in [1.165, 1.54) is 6.33 Å². The van der Waals surface area contributed by atoms with Crippen LogP contribution in [0.1, 0.15) is 23.9 Å². The maximum absolute atomic E-state index is 10.0. The van der Waals surface area contributed by atoms with E-state index >= 15 is 0 Å². The lowest BCUT2D eigenvalue weighted by molar-refractivity contribution is -0.0430. The molecule has 4 N–H and O–H groups in total. The number of nitrogens with zero attached hydrogens (tertiary/aromatic N) is 4. The van der Waals surface area contributed by atoms with Gasteiger partial charge in [-0.1, -0.05) is 12.0 Å². The van der Waals surface area contributed by atoms with Gasteiger partial charge in [-0.2, -0.15) is 0 Å². The fraction of sp³-hybridized carbons (Fsp3) is 0.278. The van der Waals surface area contributed by atoms with E-state index in [4.69, 9.17) is 10.5 Å². The molecule has 0 saturated carbocycles. The van der Waals surface area contributed by atoms with E-state index in [9.17, 15) is 10.2 Å². The SMILES string of the molecule is Nc1ncnc2c1c(C#Cc1ccccn1)cn2[C@H]1C[C@H](O)[C@@H](CO)O1. The number of rotatable bonds is 2. The zero-order valence-corrected chi connectivity index (χ0v) is 13.8. The molecular formula is C18H17N5O3.